The van der Waals surface area contributed by atoms with E-state index in [1.165, 1.54) is 4.88 Å². The Labute approximate surface area is 138 Å². The fourth-order valence-electron chi connectivity index (χ4n) is 2.98. The van der Waals surface area contributed by atoms with Crippen LogP contribution >= 0.6 is 22.9 Å². The summed E-state index contributed by atoms with van der Waals surface area (Å²) in [6.45, 7) is 4.03. The molecule has 0 radical (unpaired) electrons. The van der Waals surface area contributed by atoms with Crippen LogP contribution in [0.5, 0.6) is 0 Å². The highest BCUT2D eigenvalue weighted by Gasteiger charge is 2.38. The summed E-state index contributed by atoms with van der Waals surface area (Å²) in [6, 6.07) is 7.51. The first-order valence-corrected chi connectivity index (χ1v) is 8.34. The van der Waals surface area contributed by atoms with Gasteiger partial charge in [-0.1, -0.05) is 23.7 Å². The molecule has 116 valence electrons. The molecule has 2 aromatic rings. The number of nitrogens with zero attached hydrogens (tertiary/aromatic N) is 2. The number of hydrogen-bond donors (Lipinski definition) is 1. The fourth-order valence-corrected chi connectivity index (χ4v) is 3.93. The number of carbonyl (C=O) groups is 1. The maximum atomic E-state index is 11.6. The molecule has 1 aromatic carbocycles. The summed E-state index contributed by atoms with van der Waals surface area (Å²) in [5.74, 6) is -1.13. The number of halogens is 1. The Morgan fingerprint density at radius 1 is 1.41 bits per heavy atom. The van der Waals surface area contributed by atoms with Crippen molar-refractivity contribution in [3.05, 3.63) is 50.9 Å². The second-order valence-electron chi connectivity index (χ2n) is 5.66. The van der Waals surface area contributed by atoms with Gasteiger partial charge < -0.3 is 5.11 Å². The molecule has 1 aromatic heterocycles. The van der Waals surface area contributed by atoms with Crippen molar-refractivity contribution in [3.8, 4) is 0 Å². The number of hydrogen-bond acceptors (Lipinski definition) is 4. The molecule has 0 saturated carbocycles. The van der Waals surface area contributed by atoms with E-state index < -0.39 is 5.97 Å². The second-order valence-corrected chi connectivity index (χ2v) is 7.42. The molecule has 0 aliphatic carbocycles. The Morgan fingerprint density at radius 3 is 2.73 bits per heavy atom. The van der Waals surface area contributed by atoms with E-state index in [-0.39, 0.29) is 11.8 Å². The smallest absolute Gasteiger partial charge is 0.308 e. The number of aromatic nitrogens is 1. The van der Waals surface area contributed by atoms with Gasteiger partial charge in [-0.3, -0.25) is 9.69 Å². The van der Waals surface area contributed by atoms with Crippen molar-refractivity contribution >= 4 is 28.9 Å². The first-order valence-electron chi connectivity index (χ1n) is 7.15. The van der Waals surface area contributed by atoms with Crippen molar-refractivity contribution in [1.82, 2.24) is 9.88 Å². The van der Waals surface area contributed by atoms with Gasteiger partial charge in [0, 0.05) is 35.1 Å². The third kappa shape index (κ3) is 3.32. The van der Waals surface area contributed by atoms with E-state index in [0.717, 1.165) is 17.1 Å². The summed E-state index contributed by atoms with van der Waals surface area (Å²) in [4.78, 5) is 19.3. The summed E-state index contributed by atoms with van der Waals surface area (Å²) < 4.78 is 0. The van der Waals surface area contributed by atoms with E-state index in [9.17, 15) is 9.90 Å². The summed E-state index contributed by atoms with van der Waals surface area (Å²) in [5.41, 5.74) is 1.04. The zero-order valence-electron chi connectivity index (χ0n) is 12.2. The monoisotopic (exact) mass is 336 g/mol. The van der Waals surface area contributed by atoms with E-state index in [4.69, 9.17) is 11.6 Å². The first-order chi connectivity index (χ1) is 10.5. The topological polar surface area (TPSA) is 53.4 Å². The molecular formula is C16H17ClN2O2S. The Bertz CT molecular complexity index is 671. The molecule has 3 rings (SSSR count). The molecule has 1 aliphatic rings. The molecule has 1 saturated heterocycles. The number of likely N-dealkylation sites (tertiary alicyclic amines) is 1. The van der Waals surface area contributed by atoms with Crippen LogP contribution in [-0.2, 0) is 11.3 Å². The summed E-state index contributed by atoms with van der Waals surface area (Å²) in [6.07, 6.45) is 1.86. The first kappa shape index (κ1) is 15.5. The van der Waals surface area contributed by atoms with Crippen molar-refractivity contribution in [1.29, 1.82) is 0 Å². The molecule has 1 aliphatic heterocycles. The van der Waals surface area contributed by atoms with Crippen LogP contribution in [0.15, 0.2) is 30.5 Å². The van der Waals surface area contributed by atoms with Gasteiger partial charge in [0.25, 0.3) is 0 Å². The Kier molecular flexibility index (Phi) is 4.47. The van der Waals surface area contributed by atoms with E-state index >= 15 is 0 Å². The highest BCUT2D eigenvalue weighted by molar-refractivity contribution is 7.11. The van der Waals surface area contributed by atoms with Gasteiger partial charge in [0.05, 0.1) is 12.5 Å². The predicted molar refractivity (Wildman–Crippen MR) is 87.4 cm³/mol. The Balaban J connectivity index is 1.77. The molecule has 1 N–H and O–H groups in total. The van der Waals surface area contributed by atoms with Gasteiger partial charge in [-0.25, -0.2) is 4.98 Å². The number of aliphatic carboxylic acids is 1. The lowest BCUT2D eigenvalue weighted by atomic mass is 9.89. The number of thiazole rings is 1. The summed E-state index contributed by atoms with van der Waals surface area (Å²) in [5, 5.41) is 11.2. The fraction of sp³-hybridized carbons (Fsp3) is 0.375. The molecule has 2 atom stereocenters. The average Bonchev–Trinajstić information content (AvgIpc) is 3.07. The van der Waals surface area contributed by atoms with Crippen LogP contribution in [0.3, 0.4) is 0 Å². The highest BCUT2D eigenvalue weighted by atomic mass is 35.5. The minimum atomic E-state index is -0.738. The number of carboxylic acids is 1. The zero-order valence-corrected chi connectivity index (χ0v) is 13.8. The van der Waals surface area contributed by atoms with Gasteiger partial charge in [-0.2, -0.15) is 0 Å². The van der Waals surface area contributed by atoms with Crippen LogP contribution in [0.1, 0.15) is 21.4 Å². The predicted octanol–water partition coefficient (Wildman–Crippen LogP) is 3.41. The Hall–Kier alpha value is -1.43. The second kappa shape index (κ2) is 6.36. The lowest BCUT2D eigenvalue weighted by Crippen LogP contribution is -2.23. The van der Waals surface area contributed by atoms with Gasteiger partial charge in [0.15, 0.2) is 0 Å². The number of carboxylic acid groups (broad SMARTS) is 1. The van der Waals surface area contributed by atoms with Gasteiger partial charge >= 0.3 is 5.97 Å². The van der Waals surface area contributed by atoms with Crippen molar-refractivity contribution in [2.45, 2.75) is 19.4 Å². The van der Waals surface area contributed by atoms with E-state index in [2.05, 4.69) is 9.88 Å². The molecule has 6 heteroatoms. The van der Waals surface area contributed by atoms with Crippen molar-refractivity contribution in [3.63, 3.8) is 0 Å². The minimum Gasteiger partial charge on any atom is -0.481 e. The van der Waals surface area contributed by atoms with Crippen molar-refractivity contribution in [2.75, 3.05) is 13.1 Å². The van der Waals surface area contributed by atoms with E-state index in [1.807, 2.05) is 37.4 Å². The van der Waals surface area contributed by atoms with Gasteiger partial charge in [-0.05, 0) is 24.6 Å². The molecule has 0 unspecified atom stereocenters. The maximum absolute atomic E-state index is 11.6. The molecular weight excluding hydrogens is 320 g/mol. The third-order valence-corrected chi connectivity index (χ3v) is 5.19. The van der Waals surface area contributed by atoms with E-state index in [0.29, 0.717) is 18.1 Å². The molecule has 0 amide bonds. The van der Waals surface area contributed by atoms with Crippen LogP contribution in [0.25, 0.3) is 0 Å². The van der Waals surface area contributed by atoms with Crippen LogP contribution in [0, 0.1) is 12.8 Å². The van der Waals surface area contributed by atoms with Crippen LogP contribution in [-0.4, -0.2) is 34.0 Å². The van der Waals surface area contributed by atoms with Gasteiger partial charge in [0.1, 0.15) is 5.01 Å². The van der Waals surface area contributed by atoms with Crippen molar-refractivity contribution in [2.24, 2.45) is 5.92 Å². The van der Waals surface area contributed by atoms with Gasteiger partial charge in [-0.15, -0.1) is 11.3 Å². The van der Waals surface area contributed by atoms with E-state index in [1.54, 1.807) is 11.3 Å². The SMILES string of the molecule is Cc1cnc(CN2C[C@H](C(=O)O)[C@@H](c3ccc(Cl)cc3)C2)s1. The largest absolute Gasteiger partial charge is 0.481 e. The van der Waals surface area contributed by atoms with Gasteiger partial charge in [0.2, 0.25) is 0 Å². The number of rotatable bonds is 4. The highest BCUT2D eigenvalue weighted by Crippen LogP contribution is 2.34. The van der Waals surface area contributed by atoms with Crippen LogP contribution < -0.4 is 0 Å². The lowest BCUT2D eigenvalue weighted by Gasteiger charge is -2.15. The molecule has 22 heavy (non-hydrogen) atoms. The summed E-state index contributed by atoms with van der Waals surface area (Å²) >= 11 is 7.59. The van der Waals surface area contributed by atoms with Crippen molar-refractivity contribution < 1.29 is 9.90 Å². The third-order valence-electron chi connectivity index (χ3n) is 4.04. The zero-order chi connectivity index (χ0) is 15.7. The Morgan fingerprint density at radius 2 is 2.14 bits per heavy atom. The normalized spacial score (nSPS) is 22.1. The number of aryl methyl sites for hydroxylation is 1. The van der Waals surface area contributed by atoms with Crippen LogP contribution in [0.2, 0.25) is 5.02 Å². The maximum Gasteiger partial charge on any atom is 0.308 e. The number of benzene rings is 1. The molecule has 4 nitrogen and oxygen atoms in total. The molecule has 2 heterocycles. The lowest BCUT2D eigenvalue weighted by molar-refractivity contribution is -0.141. The minimum absolute atomic E-state index is 0.00386. The molecule has 0 bridgehead atoms. The molecule has 0 spiro atoms. The van der Waals surface area contributed by atoms with Crippen LogP contribution in [0.4, 0.5) is 0 Å². The standard InChI is InChI=1S/C16H17ClN2O2S/c1-10-6-18-15(22-10)9-19-7-13(14(8-19)16(20)21)11-2-4-12(17)5-3-11/h2-6,13-14H,7-9H2,1H3,(H,20,21)/t13-,14+/m1/s1. The molecule has 1 fully saturated rings. The quantitative estimate of drug-likeness (QED) is 0.929. The summed E-state index contributed by atoms with van der Waals surface area (Å²) in [7, 11) is 0. The average molecular weight is 337 g/mol.